The molecule has 68 valence electrons. The van der Waals surface area contributed by atoms with Crippen molar-refractivity contribution in [2.24, 2.45) is 5.73 Å². The van der Waals surface area contributed by atoms with Gasteiger partial charge in [0.25, 0.3) is 6.43 Å². The Labute approximate surface area is 75.2 Å². The van der Waals surface area contributed by atoms with Crippen LogP contribution in [0.25, 0.3) is 0 Å². The molecule has 0 saturated carbocycles. The van der Waals surface area contributed by atoms with Crippen LogP contribution < -0.4 is 5.73 Å². The van der Waals surface area contributed by atoms with Crippen molar-refractivity contribution in [3.05, 3.63) is 30.1 Å². The normalized spacial score (nSPS) is 12.3. The summed E-state index contributed by atoms with van der Waals surface area (Å²) in [6, 6.07) is 1.77. The third kappa shape index (κ3) is 2.71. The smallest absolute Gasteiger partial charge is 0.257 e. The predicted molar refractivity (Wildman–Crippen MR) is 44.4 cm³/mol. The van der Waals surface area contributed by atoms with Crippen LogP contribution in [0.3, 0.4) is 0 Å². The highest BCUT2D eigenvalue weighted by Gasteiger charge is 2.16. The number of hydrogen-bond acceptors (Lipinski definition) is 2. The van der Waals surface area contributed by atoms with Gasteiger partial charge in [-0.05, 0) is 17.7 Å². The molecule has 1 rings (SSSR count). The number of halogens is 3. The van der Waals surface area contributed by atoms with Crippen LogP contribution in [0.5, 0.6) is 0 Å². The maximum Gasteiger partial charge on any atom is 0.257 e. The zero-order valence-corrected chi connectivity index (χ0v) is 6.97. The quantitative estimate of drug-likeness (QED) is 0.780. The van der Waals surface area contributed by atoms with Gasteiger partial charge in [0.15, 0.2) is 0 Å². The molecule has 0 bridgehead atoms. The number of hydrogen-bond donors (Lipinski definition) is 1. The van der Waals surface area contributed by atoms with E-state index in [9.17, 15) is 8.78 Å². The Morgan fingerprint density at radius 2 is 1.75 bits per heavy atom. The van der Waals surface area contributed by atoms with E-state index >= 15 is 0 Å². The number of rotatable bonds is 2. The molecule has 5 heteroatoms. The molecule has 2 nitrogen and oxygen atoms in total. The van der Waals surface area contributed by atoms with Gasteiger partial charge in [0.2, 0.25) is 0 Å². The number of nitrogens with zero attached hydrogens (tertiary/aromatic N) is 1. The molecule has 0 saturated heterocycles. The molecule has 1 atom stereocenters. The molecular formula is C7H9ClF2N2. The van der Waals surface area contributed by atoms with Crippen LogP contribution in [0.1, 0.15) is 11.6 Å². The van der Waals surface area contributed by atoms with Crippen LogP contribution in [-0.4, -0.2) is 11.4 Å². The lowest BCUT2D eigenvalue weighted by molar-refractivity contribution is 0.116. The highest BCUT2D eigenvalue weighted by molar-refractivity contribution is 5.85. The Morgan fingerprint density at radius 1 is 1.25 bits per heavy atom. The molecule has 12 heavy (non-hydrogen) atoms. The predicted octanol–water partition coefficient (Wildman–Crippen LogP) is 1.77. The van der Waals surface area contributed by atoms with Gasteiger partial charge in [0.1, 0.15) is 0 Å². The van der Waals surface area contributed by atoms with E-state index in [0.29, 0.717) is 5.56 Å². The van der Waals surface area contributed by atoms with Crippen LogP contribution in [0, 0.1) is 0 Å². The summed E-state index contributed by atoms with van der Waals surface area (Å²) in [6.45, 7) is 0. The maximum absolute atomic E-state index is 12.0. The molecule has 1 heterocycles. The Morgan fingerprint density at radius 3 is 2.17 bits per heavy atom. The molecule has 1 aromatic rings. The highest BCUT2D eigenvalue weighted by atomic mass is 35.5. The van der Waals surface area contributed by atoms with E-state index in [2.05, 4.69) is 4.98 Å². The van der Waals surface area contributed by atoms with Gasteiger partial charge in [0, 0.05) is 12.4 Å². The van der Waals surface area contributed by atoms with E-state index in [1.165, 1.54) is 24.5 Å². The summed E-state index contributed by atoms with van der Waals surface area (Å²) in [5.41, 5.74) is 5.57. The fourth-order valence-corrected chi connectivity index (χ4v) is 0.731. The summed E-state index contributed by atoms with van der Waals surface area (Å²) in [7, 11) is 0. The summed E-state index contributed by atoms with van der Waals surface area (Å²) in [6.07, 6.45) is 0.368. The van der Waals surface area contributed by atoms with E-state index in [4.69, 9.17) is 5.73 Å². The van der Waals surface area contributed by atoms with Crippen molar-refractivity contribution in [3.63, 3.8) is 0 Å². The molecule has 0 aliphatic rings. The minimum Gasteiger partial charge on any atom is -0.319 e. The number of nitrogens with two attached hydrogens (primary N) is 1. The third-order valence-electron chi connectivity index (χ3n) is 1.36. The lowest BCUT2D eigenvalue weighted by Crippen LogP contribution is -2.18. The molecule has 0 aliphatic heterocycles. The van der Waals surface area contributed by atoms with E-state index in [1.807, 2.05) is 0 Å². The molecule has 0 amide bonds. The Balaban J connectivity index is 0.00000121. The fourth-order valence-electron chi connectivity index (χ4n) is 0.731. The van der Waals surface area contributed by atoms with Crippen LogP contribution in [-0.2, 0) is 0 Å². The van der Waals surface area contributed by atoms with Gasteiger partial charge >= 0.3 is 0 Å². The molecule has 0 aromatic carbocycles. The van der Waals surface area contributed by atoms with Gasteiger partial charge in [-0.3, -0.25) is 4.98 Å². The van der Waals surface area contributed by atoms with Crippen molar-refractivity contribution in [2.45, 2.75) is 12.5 Å². The van der Waals surface area contributed by atoms with Crippen molar-refractivity contribution in [1.29, 1.82) is 0 Å². The molecule has 0 spiro atoms. The molecular weight excluding hydrogens is 186 g/mol. The first-order valence-electron chi connectivity index (χ1n) is 3.15. The van der Waals surface area contributed by atoms with Crippen LogP contribution in [0.4, 0.5) is 8.78 Å². The van der Waals surface area contributed by atoms with E-state index in [1.54, 1.807) is 0 Å². The minimum atomic E-state index is -2.52. The first-order chi connectivity index (χ1) is 5.22. The largest absolute Gasteiger partial charge is 0.319 e. The molecule has 0 aliphatic carbocycles. The Kier molecular flexibility index (Phi) is 4.70. The van der Waals surface area contributed by atoms with Crippen LogP contribution in [0.2, 0.25) is 0 Å². The van der Waals surface area contributed by atoms with Crippen molar-refractivity contribution in [2.75, 3.05) is 0 Å². The van der Waals surface area contributed by atoms with Crippen molar-refractivity contribution in [1.82, 2.24) is 4.98 Å². The minimum absolute atomic E-state index is 0. The van der Waals surface area contributed by atoms with E-state index in [-0.39, 0.29) is 12.4 Å². The highest BCUT2D eigenvalue weighted by Crippen LogP contribution is 2.15. The third-order valence-corrected chi connectivity index (χ3v) is 1.36. The number of pyridine rings is 1. The molecule has 0 fully saturated rings. The summed E-state index contributed by atoms with van der Waals surface area (Å²) < 4.78 is 23.9. The van der Waals surface area contributed by atoms with Gasteiger partial charge in [-0.15, -0.1) is 12.4 Å². The fraction of sp³-hybridized carbons (Fsp3) is 0.286. The summed E-state index contributed by atoms with van der Waals surface area (Å²) in [5, 5.41) is 0. The van der Waals surface area contributed by atoms with E-state index in [0.717, 1.165) is 0 Å². The molecule has 0 unspecified atom stereocenters. The number of alkyl halides is 2. The van der Waals surface area contributed by atoms with Crippen molar-refractivity contribution < 1.29 is 8.78 Å². The SMILES string of the molecule is Cl.N[C@H](c1ccncc1)C(F)F. The van der Waals surface area contributed by atoms with Crippen LogP contribution in [0.15, 0.2) is 24.5 Å². The van der Waals surface area contributed by atoms with Gasteiger partial charge in [-0.1, -0.05) is 0 Å². The topological polar surface area (TPSA) is 38.9 Å². The second-order valence-corrected chi connectivity index (χ2v) is 2.14. The van der Waals surface area contributed by atoms with Gasteiger partial charge in [0.05, 0.1) is 6.04 Å². The first-order valence-corrected chi connectivity index (χ1v) is 3.15. The lowest BCUT2D eigenvalue weighted by Gasteiger charge is -2.08. The zero-order valence-electron chi connectivity index (χ0n) is 6.15. The summed E-state index contributed by atoms with van der Waals surface area (Å²) >= 11 is 0. The van der Waals surface area contributed by atoms with Gasteiger partial charge in [-0.25, -0.2) is 8.78 Å². The average molecular weight is 195 g/mol. The standard InChI is InChI=1S/C7H8F2N2.ClH/c8-7(9)6(10)5-1-3-11-4-2-5;/h1-4,6-7H,10H2;1H/t6-;/m1./s1. The number of aromatic nitrogens is 1. The van der Waals surface area contributed by atoms with Crippen molar-refractivity contribution in [3.8, 4) is 0 Å². The van der Waals surface area contributed by atoms with Crippen LogP contribution >= 0.6 is 12.4 Å². The molecule has 1 aromatic heterocycles. The maximum atomic E-state index is 12.0. The monoisotopic (exact) mass is 194 g/mol. The molecule has 2 N–H and O–H groups in total. The van der Waals surface area contributed by atoms with Crippen molar-refractivity contribution >= 4 is 12.4 Å². The second-order valence-electron chi connectivity index (χ2n) is 2.14. The van der Waals surface area contributed by atoms with Gasteiger partial charge in [-0.2, -0.15) is 0 Å². The Hall–Kier alpha value is -0.740. The lowest BCUT2D eigenvalue weighted by atomic mass is 10.1. The second kappa shape index (κ2) is 5.00. The Bertz CT molecular complexity index is 218. The first kappa shape index (κ1) is 11.3. The zero-order chi connectivity index (χ0) is 8.27. The molecule has 0 radical (unpaired) electrons. The average Bonchev–Trinajstić information content (AvgIpc) is 2.05. The van der Waals surface area contributed by atoms with E-state index < -0.39 is 12.5 Å². The summed E-state index contributed by atoms with van der Waals surface area (Å²) in [4.78, 5) is 3.69. The van der Waals surface area contributed by atoms with Gasteiger partial charge < -0.3 is 5.73 Å². The summed E-state index contributed by atoms with van der Waals surface area (Å²) in [5.74, 6) is 0.